The topological polar surface area (TPSA) is 17.1 Å². The van der Waals surface area contributed by atoms with Crippen molar-refractivity contribution in [2.45, 2.75) is 0 Å². The third-order valence-corrected chi connectivity index (χ3v) is 3.55. The third kappa shape index (κ3) is 1.90. The maximum atomic E-state index is 10.3. The molecule has 0 radical (unpaired) electrons. The van der Waals surface area contributed by atoms with Gasteiger partial charge in [-0.2, -0.15) is 0 Å². The van der Waals surface area contributed by atoms with Gasteiger partial charge in [0.15, 0.2) is 0 Å². The van der Waals surface area contributed by atoms with Crippen LogP contribution in [0.15, 0.2) is 24.3 Å². The van der Waals surface area contributed by atoms with Crippen LogP contribution in [0.1, 0.15) is 10.4 Å². The van der Waals surface area contributed by atoms with Crippen LogP contribution in [-0.4, -0.2) is 49.5 Å². The van der Waals surface area contributed by atoms with Crippen LogP contribution in [-0.2, 0) is 0 Å². The molecule has 0 aliphatic rings. The van der Waals surface area contributed by atoms with Gasteiger partial charge in [-0.3, -0.25) is 0 Å². The van der Waals surface area contributed by atoms with Crippen LogP contribution in [0.25, 0.3) is 0 Å². The maximum absolute atomic E-state index is 10.3. The van der Waals surface area contributed by atoms with Crippen molar-refractivity contribution in [2.24, 2.45) is 0 Å². The molecule has 0 heterocycles. The second-order valence-corrected chi connectivity index (χ2v) is 4.62. The molecule has 0 saturated carbocycles. The molecular weight excluding hydrogens is 188 g/mol. The zero-order chi connectivity index (χ0) is 6.69. The predicted octanol–water partition coefficient (Wildman–Crippen LogP) is 0.0252. The van der Waals surface area contributed by atoms with E-state index in [4.69, 9.17) is 0 Å². The van der Waals surface area contributed by atoms with Gasteiger partial charge in [0.05, 0.1) is 0 Å². The van der Waals surface area contributed by atoms with Crippen LogP contribution < -0.4 is 0.534 Å². The second kappa shape index (κ2) is 3.52. The Bertz CT molecular complexity index is 220. The zero-order valence-corrected chi connectivity index (χ0v) is 10.2. The van der Waals surface area contributed by atoms with Crippen molar-refractivity contribution in [3.8, 4) is 0 Å². The van der Waals surface area contributed by atoms with E-state index in [-0.39, 0.29) is 0 Å². The van der Waals surface area contributed by atoms with E-state index < -0.39 is 0 Å². The van der Waals surface area contributed by atoms with Gasteiger partial charge in [0.25, 0.3) is 0 Å². The van der Waals surface area contributed by atoms with E-state index in [9.17, 15) is 4.79 Å². The van der Waals surface area contributed by atoms with Crippen molar-refractivity contribution in [3.63, 3.8) is 0 Å². The Labute approximate surface area is 83.6 Å². The van der Waals surface area contributed by atoms with Crippen LogP contribution in [0.5, 0.6) is 0 Å². The van der Waals surface area contributed by atoms with Crippen molar-refractivity contribution in [2.75, 3.05) is 0 Å². The van der Waals surface area contributed by atoms with E-state index in [0.717, 1.165) is 11.8 Å². The van der Waals surface area contributed by atoms with Crippen LogP contribution in [0.4, 0.5) is 0 Å². The number of benzene rings is 1. The first-order valence-electron chi connectivity index (χ1n) is 2.85. The molecule has 1 aromatic carbocycles. The Balaban J connectivity index is 3.15. The van der Waals surface area contributed by atoms with Gasteiger partial charge >= 0.3 is 84.7 Å². The van der Waals surface area contributed by atoms with Gasteiger partial charge in [-0.15, -0.1) is 0 Å². The average Bonchev–Trinajstić information content (AvgIpc) is 1.89. The molecule has 0 unspecified atom stereocenters. The Kier molecular flexibility index (Phi) is 2.92. The predicted molar refractivity (Wildman–Crippen MR) is 38.6 cm³/mol. The Morgan fingerprint density at radius 3 is 2.44 bits per heavy atom. The SMILES string of the molecule is O=Cc1cccc[c]1[SrH]. The monoisotopic (exact) mass is 194 g/mol. The van der Waals surface area contributed by atoms with Crippen molar-refractivity contribution in [1.29, 1.82) is 0 Å². The number of carbonyl (C=O) groups excluding carboxylic acids is 1. The zero-order valence-electron chi connectivity index (χ0n) is 5.29. The van der Waals surface area contributed by atoms with Crippen molar-refractivity contribution < 1.29 is 4.79 Å². The van der Waals surface area contributed by atoms with Gasteiger partial charge in [-0.1, -0.05) is 0 Å². The van der Waals surface area contributed by atoms with Gasteiger partial charge < -0.3 is 0 Å². The Hall–Kier alpha value is 0.371. The standard InChI is InChI=1S/C7H5O.Sr.H/c8-6-7-4-2-1-3-5-7;;/h1-4,6H;;. The summed E-state index contributed by atoms with van der Waals surface area (Å²) in [5.74, 6) is 0. The van der Waals surface area contributed by atoms with Crippen molar-refractivity contribution >= 4 is 50.1 Å². The molecule has 1 nitrogen and oxygen atoms in total. The minimum absolute atomic E-state index is 0.459. The summed E-state index contributed by atoms with van der Waals surface area (Å²) in [5.41, 5.74) is 0.869. The van der Waals surface area contributed by atoms with E-state index in [0.29, 0.717) is 43.3 Å². The molecule has 2 heteroatoms. The van der Waals surface area contributed by atoms with Gasteiger partial charge in [-0.05, 0) is 0 Å². The summed E-state index contributed by atoms with van der Waals surface area (Å²) in [6, 6.07) is 7.74. The first-order valence-corrected chi connectivity index (χ1v) is 5.31. The van der Waals surface area contributed by atoms with Crippen LogP contribution in [0.2, 0.25) is 0 Å². The normalized spacial score (nSPS) is 8.78. The molecule has 9 heavy (non-hydrogen) atoms. The van der Waals surface area contributed by atoms with E-state index in [1.54, 1.807) is 0 Å². The summed E-state index contributed by atoms with van der Waals surface area (Å²) in [4.78, 5) is 10.3. The summed E-state index contributed by atoms with van der Waals surface area (Å²) >= 11 is 0.459. The number of hydrogen-bond donors (Lipinski definition) is 0. The molecule has 0 aromatic heterocycles. The molecule has 0 spiro atoms. The average molecular weight is 194 g/mol. The van der Waals surface area contributed by atoms with Gasteiger partial charge in [0, 0.05) is 0 Å². The van der Waals surface area contributed by atoms with Crippen LogP contribution >= 0.6 is 0 Å². The number of aldehydes is 1. The first kappa shape index (κ1) is 7.48. The molecular formula is C7H6OSr. The van der Waals surface area contributed by atoms with Crippen molar-refractivity contribution in [3.05, 3.63) is 29.8 Å². The molecule has 0 N–H and O–H groups in total. The minimum atomic E-state index is 0.459. The molecule has 1 aromatic rings. The number of rotatable bonds is 1. The molecule has 0 bridgehead atoms. The fraction of sp³-hybridized carbons (Fsp3) is 0. The quantitative estimate of drug-likeness (QED) is 0.454. The molecule has 0 aliphatic carbocycles. The van der Waals surface area contributed by atoms with Gasteiger partial charge in [0.2, 0.25) is 0 Å². The Morgan fingerprint density at radius 1 is 1.33 bits per heavy atom. The molecule has 1 rings (SSSR count). The first-order chi connectivity index (χ1) is 4.34. The summed E-state index contributed by atoms with van der Waals surface area (Å²) in [5, 5.41) is 0. The molecule has 0 atom stereocenters. The van der Waals surface area contributed by atoms with Gasteiger partial charge in [0.1, 0.15) is 0 Å². The molecule has 0 saturated heterocycles. The number of hydrogen-bond acceptors (Lipinski definition) is 1. The molecule has 42 valence electrons. The van der Waals surface area contributed by atoms with E-state index in [2.05, 4.69) is 0 Å². The summed E-state index contributed by atoms with van der Waals surface area (Å²) in [6.07, 6.45) is 0.923. The van der Waals surface area contributed by atoms with E-state index >= 15 is 0 Å². The third-order valence-electron chi connectivity index (χ3n) is 1.32. The number of carbonyl (C=O) groups is 1. The van der Waals surface area contributed by atoms with E-state index in [1.807, 2.05) is 24.3 Å². The fourth-order valence-electron chi connectivity index (χ4n) is 0.719. The summed E-state index contributed by atoms with van der Waals surface area (Å²) in [7, 11) is 0. The van der Waals surface area contributed by atoms with Crippen molar-refractivity contribution in [1.82, 2.24) is 0 Å². The second-order valence-electron chi connectivity index (χ2n) is 1.97. The van der Waals surface area contributed by atoms with E-state index in [1.165, 1.54) is 0.534 Å². The van der Waals surface area contributed by atoms with Crippen LogP contribution in [0, 0.1) is 0 Å². The molecule has 0 fully saturated rings. The van der Waals surface area contributed by atoms with Crippen LogP contribution in [0.3, 0.4) is 0 Å². The van der Waals surface area contributed by atoms with Gasteiger partial charge in [-0.25, -0.2) is 0 Å². The fourth-order valence-corrected chi connectivity index (χ4v) is 1.89. The Morgan fingerprint density at radius 2 is 2.00 bits per heavy atom. The molecule has 0 amide bonds. The summed E-state index contributed by atoms with van der Waals surface area (Å²) < 4.78 is 1.24. The molecule has 0 aliphatic heterocycles. The summed E-state index contributed by atoms with van der Waals surface area (Å²) in [6.45, 7) is 0.